The predicted molar refractivity (Wildman–Crippen MR) is 121 cm³/mol. The molecule has 0 radical (unpaired) electrons. The maximum atomic E-state index is 14.1. The molecule has 0 saturated carbocycles. The molecule has 9 heteroatoms. The number of hydrogen-bond acceptors (Lipinski definition) is 5. The molecule has 2 aromatic carbocycles. The summed E-state index contributed by atoms with van der Waals surface area (Å²) in [4.78, 5) is 17.5. The summed E-state index contributed by atoms with van der Waals surface area (Å²) in [6, 6.07) is 11.3. The van der Waals surface area contributed by atoms with E-state index >= 15 is 0 Å². The van der Waals surface area contributed by atoms with Gasteiger partial charge in [0.15, 0.2) is 0 Å². The Labute approximate surface area is 187 Å². The van der Waals surface area contributed by atoms with Crippen LogP contribution < -0.4 is 4.90 Å². The van der Waals surface area contributed by atoms with Crippen molar-refractivity contribution in [3.8, 4) is 0 Å². The zero-order valence-corrected chi connectivity index (χ0v) is 19.1. The number of nitrogens with zero attached hydrogens (tertiary/aromatic N) is 3. The van der Waals surface area contributed by atoms with Gasteiger partial charge in [-0.3, -0.25) is 4.79 Å². The van der Waals surface area contributed by atoms with Gasteiger partial charge in [0.1, 0.15) is 5.82 Å². The fourth-order valence-corrected chi connectivity index (χ4v) is 6.15. The van der Waals surface area contributed by atoms with Gasteiger partial charge < -0.3 is 9.80 Å². The molecule has 0 N–H and O–H groups in total. The average Bonchev–Trinajstić information content (AvgIpc) is 3.33. The number of carbonyl (C=O) groups excluding carboxylic acids is 1. The van der Waals surface area contributed by atoms with Gasteiger partial charge in [-0.15, -0.1) is 11.8 Å². The maximum Gasteiger partial charge on any atom is 0.255 e. The molecule has 0 atom stereocenters. The third-order valence-corrected chi connectivity index (χ3v) is 8.55. The van der Waals surface area contributed by atoms with Crippen LogP contribution in [0.15, 0.2) is 52.3 Å². The van der Waals surface area contributed by atoms with Crippen molar-refractivity contribution in [3.63, 3.8) is 0 Å². The third-order valence-electron chi connectivity index (χ3n) is 5.86. The summed E-state index contributed by atoms with van der Waals surface area (Å²) < 4.78 is 42.1. The second-order valence-corrected chi connectivity index (χ2v) is 10.5. The molecule has 0 unspecified atom stereocenters. The number of likely N-dealkylation sites (tertiary alicyclic amines) is 1. The lowest BCUT2D eigenvalue weighted by molar-refractivity contribution is 0.0789. The van der Waals surface area contributed by atoms with Crippen molar-refractivity contribution in [2.75, 3.05) is 50.4 Å². The first-order chi connectivity index (χ1) is 14.9. The van der Waals surface area contributed by atoms with Crippen LogP contribution in [-0.2, 0) is 10.0 Å². The SMILES string of the molecule is CSc1ccc(S(=O)(=O)N2CCN(c3ccccc3F)CC2)cc1C(=O)N1CCCC1. The zero-order chi connectivity index (χ0) is 22.0. The van der Waals surface area contributed by atoms with Crippen LogP contribution in [0.4, 0.5) is 10.1 Å². The minimum atomic E-state index is -3.75. The van der Waals surface area contributed by atoms with Gasteiger partial charge in [-0.2, -0.15) is 4.31 Å². The maximum absolute atomic E-state index is 14.1. The number of rotatable bonds is 5. The number of thioether (sulfide) groups is 1. The second-order valence-electron chi connectivity index (χ2n) is 7.70. The topological polar surface area (TPSA) is 60.9 Å². The Morgan fingerprint density at radius 1 is 0.968 bits per heavy atom. The first-order valence-corrected chi connectivity index (χ1v) is 13.1. The summed E-state index contributed by atoms with van der Waals surface area (Å²) >= 11 is 1.44. The minimum Gasteiger partial charge on any atom is -0.367 e. The Morgan fingerprint density at radius 3 is 2.29 bits per heavy atom. The molecule has 166 valence electrons. The van der Waals surface area contributed by atoms with Gasteiger partial charge in [-0.05, 0) is 49.4 Å². The van der Waals surface area contributed by atoms with Gasteiger partial charge in [0.25, 0.3) is 5.91 Å². The molecule has 0 aromatic heterocycles. The standard InChI is InChI=1S/C22H26FN3O3S2/c1-30-21-9-8-17(16-18(21)22(27)25-10-4-5-11-25)31(28,29)26-14-12-24(13-15-26)20-7-3-2-6-19(20)23/h2-3,6-9,16H,4-5,10-15H2,1H3. The van der Waals surface area contributed by atoms with Gasteiger partial charge in [0.05, 0.1) is 16.1 Å². The van der Waals surface area contributed by atoms with Gasteiger partial charge in [-0.25, -0.2) is 12.8 Å². The highest BCUT2D eigenvalue weighted by Crippen LogP contribution is 2.29. The number of piperazine rings is 1. The molecule has 2 aliphatic heterocycles. The number of anilines is 1. The Morgan fingerprint density at radius 2 is 1.65 bits per heavy atom. The number of halogens is 1. The molecule has 0 spiro atoms. The Hall–Kier alpha value is -2.10. The largest absolute Gasteiger partial charge is 0.367 e. The minimum absolute atomic E-state index is 0.108. The monoisotopic (exact) mass is 463 g/mol. The molecule has 2 aliphatic rings. The molecule has 0 aliphatic carbocycles. The van der Waals surface area contributed by atoms with Crippen LogP contribution in [0.1, 0.15) is 23.2 Å². The van der Waals surface area contributed by atoms with Crippen molar-refractivity contribution in [2.45, 2.75) is 22.6 Å². The highest BCUT2D eigenvalue weighted by Gasteiger charge is 2.31. The molecule has 2 heterocycles. The molecule has 2 fully saturated rings. The van der Waals surface area contributed by atoms with Crippen LogP contribution in [0.2, 0.25) is 0 Å². The fourth-order valence-electron chi connectivity index (χ4n) is 4.13. The fraction of sp³-hybridized carbons (Fsp3) is 0.409. The van der Waals surface area contributed by atoms with E-state index in [1.54, 1.807) is 35.2 Å². The lowest BCUT2D eigenvalue weighted by atomic mass is 10.2. The highest BCUT2D eigenvalue weighted by molar-refractivity contribution is 7.98. The molecule has 6 nitrogen and oxygen atoms in total. The summed E-state index contributed by atoms with van der Waals surface area (Å²) in [5.74, 6) is -0.417. The van der Waals surface area contributed by atoms with Crippen molar-refractivity contribution in [2.24, 2.45) is 0 Å². The first kappa shape index (κ1) is 22.1. The average molecular weight is 464 g/mol. The van der Waals surface area contributed by atoms with Crippen molar-refractivity contribution >= 4 is 33.4 Å². The lowest BCUT2D eigenvalue weighted by Crippen LogP contribution is -2.48. The van der Waals surface area contributed by atoms with Crippen LogP contribution in [0.25, 0.3) is 0 Å². The first-order valence-electron chi connectivity index (χ1n) is 10.4. The van der Waals surface area contributed by atoms with Gasteiger partial charge in [-0.1, -0.05) is 12.1 Å². The summed E-state index contributed by atoms with van der Waals surface area (Å²) in [5, 5.41) is 0. The van der Waals surface area contributed by atoms with Gasteiger partial charge in [0.2, 0.25) is 10.0 Å². The van der Waals surface area contributed by atoms with Crippen LogP contribution >= 0.6 is 11.8 Å². The zero-order valence-electron chi connectivity index (χ0n) is 17.5. The molecule has 31 heavy (non-hydrogen) atoms. The number of hydrogen-bond donors (Lipinski definition) is 0. The number of amides is 1. The number of para-hydroxylation sites is 1. The van der Waals surface area contributed by atoms with E-state index in [-0.39, 0.29) is 29.7 Å². The van der Waals surface area contributed by atoms with Crippen LogP contribution in [0, 0.1) is 5.82 Å². The number of benzene rings is 2. The molecule has 0 bridgehead atoms. The Kier molecular flexibility index (Phi) is 6.55. The summed E-state index contributed by atoms with van der Waals surface area (Å²) in [6.45, 7) is 2.75. The molecular weight excluding hydrogens is 437 g/mol. The summed E-state index contributed by atoms with van der Waals surface area (Å²) in [5.41, 5.74) is 0.933. The van der Waals surface area contributed by atoms with Crippen molar-refractivity contribution in [1.82, 2.24) is 9.21 Å². The molecule has 1 amide bonds. The Balaban J connectivity index is 1.54. The summed E-state index contributed by atoms with van der Waals surface area (Å²) in [6.07, 6.45) is 3.83. The Bertz CT molecular complexity index is 1060. The van der Waals surface area contributed by atoms with Crippen LogP contribution in [0.5, 0.6) is 0 Å². The van der Waals surface area contributed by atoms with Gasteiger partial charge >= 0.3 is 0 Å². The van der Waals surface area contributed by atoms with E-state index < -0.39 is 10.0 Å². The van der Waals surface area contributed by atoms with Crippen molar-refractivity contribution < 1.29 is 17.6 Å². The number of sulfonamides is 1. The van der Waals surface area contributed by atoms with Crippen LogP contribution in [0.3, 0.4) is 0 Å². The van der Waals surface area contributed by atoms with Crippen molar-refractivity contribution in [3.05, 3.63) is 53.8 Å². The lowest BCUT2D eigenvalue weighted by Gasteiger charge is -2.35. The quantitative estimate of drug-likeness (QED) is 0.637. The summed E-state index contributed by atoms with van der Waals surface area (Å²) in [7, 11) is -3.75. The van der Waals surface area contributed by atoms with E-state index in [0.717, 1.165) is 17.7 Å². The third kappa shape index (κ3) is 4.44. The second kappa shape index (κ2) is 9.18. The molecular formula is C22H26FN3O3S2. The normalized spacial score (nSPS) is 17.9. The van der Waals surface area contributed by atoms with Gasteiger partial charge in [0, 0.05) is 44.2 Å². The highest BCUT2D eigenvalue weighted by atomic mass is 32.2. The molecule has 4 rings (SSSR count). The number of carbonyl (C=O) groups is 1. The molecule has 2 aromatic rings. The van der Waals surface area contributed by atoms with E-state index in [1.165, 1.54) is 28.2 Å². The smallest absolute Gasteiger partial charge is 0.255 e. The molecule has 2 saturated heterocycles. The van der Waals surface area contributed by atoms with E-state index in [9.17, 15) is 17.6 Å². The van der Waals surface area contributed by atoms with E-state index in [0.29, 0.717) is 37.4 Å². The van der Waals surface area contributed by atoms with E-state index in [2.05, 4.69) is 0 Å². The van der Waals surface area contributed by atoms with Crippen LogP contribution in [-0.4, -0.2) is 69.1 Å². The van der Waals surface area contributed by atoms with E-state index in [1.807, 2.05) is 11.2 Å². The van der Waals surface area contributed by atoms with Crippen molar-refractivity contribution in [1.29, 1.82) is 0 Å². The van der Waals surface area contributed by atoms with E-state index in [4.69, 9.17) is 0 Å². The predicted octanol–water partition coefficient (Wildman–Crippen LogP) is 3.29.